The number of benzene rings is 2. The Labute approximate surface area is 165 Å². The van der Waals surface area contributed by atoms with Crippen molar-refractivity contribution in [3.8, 4) is 0 Å². The van der Waals surface area contributed by atoms with Crippen LogP contribution in [0.5, 0.6) is 0 Å². The molecule has 2 aromatic heterocycles. The summed E-state index contributed by atoms with van der Waals surface area (Å²) >= 11 is 5.20. The first-order valence-electron chi connectivity index (χ1n) is 8.40. The zero-order valence-corrected chi connectivity index (χ0v) is 16.8. The lowest BCUT2D eigenvalue weighted by Gasteiger charge is -2.06. The van der Waals surface area contributed by atoms with Crippen molar-refractivity contribution in [2.75, 3.05) is 0 Å². The van der Waals surface area contributed by atoms with Gasteiger partial charge in [-0.15, -0.1) is 21.5 Å². The SMILES string of the molecule is CCn1c(CSc2nc3ccccc3s2)nnc1SCc1ccccc1. The minimum absolute atomic E-state index is 0.784. The second-order valence-corrected chi connectivity index (χ2v) is 8.85. The van der Waals surface area contributed by atoms with E-state index in [2.05, 4.69) is 69.1 Å². The molecule has 4 aromatic rings. The van der Waals surface area contributed by atoms with Crippen LogP contribution in [0.25, 0.3) is 10.2 Å². The van der Waals surface area contributed by atoms with Crippen LogP contribution in [-0.4, -0.2) is 19.7 Å². The molecule has 0 radical (unpaired) electrons. The lowest BCUT2D eigenvalue weighted by atomic mass is 10.2. The summed E-state index contributed by atoms with van der Waals surface area (Å²) in [5, 5.41) is 9.80. The molecule has 0 bridgehead atoms. The maximum Gasteiger partial charge on any atom is 0.191 e. The van der Waals surface area contributed by atoms with Crippen LogP contribution < -0.4 is 0 Å². The number of thioether (sulfide) groups is 2. The van der Waals surface area contributed by atoms with Gasteiger partial charge in [0.2, 0.25) is 0 Å². The second kappa shape index (κ2) is 8.24. The number of aromatic nitrogens is 4. The Morgan fingerprint density at radius 1 is 0.923 bits per heavy atom. The van der Waals surface area contributed by atoms with Gasteiger partial charge in [0.25, 0.3) is 0 Å². The summed E-state index contributed by atoms with van der Waals surface area (Å²) in [5.74, 6) is 2.70. The summed E-state index contributed by atoms with van der Waals surface area (Å²) in [6, 6.07) is 18.7. The highest BCUT2D eigenvalue weighted by Crippen LogP contribution is 2.32. The molecule has 26 heavy (non-hydrogen) atoms. The van der Waals surface area contributed by atoms with Crippen LogP contribution in [0.15, 0.2) is 64.1 Å². The molecule has 4 rings (SSSR count). The van der Waals surface area contributed by atoms with E-state index in [4.69, 9.17) is 0 Å². The number of para-hydroxylation sites is 1. The van der Waals surface area contributed by atoms with Crippen molar-refractivity contribution >= 4 is 45.1 Å². The number of hydrogen-bond donors (Lipinski definition) is 0. The first kappa shape index (κ1) is 17.6. The second-order valence-electron chi connectivity index (χ2n) is 5.65. The molecule has 0 fully saturated rings. The first-order valence-corrected chi connectivity index (χ1v) is 11.2. The Kier molecular flexibility index (Phi) is 5.57. The lowest BCUT2D eigenvalue weighted by molar-refractivity contribution is 0.659. The van der Waals surface area contributed by atoms with Crippen molar-refractivity contribution in [1.29, 1.82) is 0 Å². The van der Waals surface area contributed by atoms with Crippen molar-refractivity contribution in [2.24, 2.45) is 0 Å². The molecule has 4 nitrogen and oxygen atoms in total. The van der Waals surface area contributed by atoms with Crippen LogP contribution in [0.4, 0.5) is 0 Å². The zero-order chi connectivity index (χ0) is 17.8. The molecule has 0 aliphatic rings. The molecule has 2 aromatic carbocycles. The van der Waals surface area contributed by atoms with Crippen LogP contribution in [0, 0.1) is 0 Å². The standard InChI is InChI=1S/C19H18N4S3/c1-2-23-17(13-25-19-20-15-10-6-7-11-16(15)26-19)21-22-18(23)24-12-14-8-4-3-5-9-14/h3-11H,2,12-13H2,1H3. The fourth-order valence-electron chi connectivity index (χ4n) is 2.61. The summed E-state index contributed by atoms with van der Waals surface area (Å²) in [4.78, 5) is 4.68. The van der Waals surface area contributed by atoms with Crippen LogP contribution in [-0.2, 0) is 18.1 Å². The van der Waals surface area contributed by atoms with Gasteiger partial charge in [-0.1, -0.05) is 66.0 Å². The van der Waals surface area contributed by atoms with Gasteiger partial charge in [-0.3, -0.25) is 0 Å². The fraction of sp³-hybridized carbons (Fsp3) is 0.211. The summed E-state index contributed by atoms with van der Waals surface area (Å²) in [6.45, 7) is 3.02. The van der Waals surface area contributed by atoms with E-state index in [1.807, 2.05) is 12.1 Å². The van der Waals surface area contributed by atoms with Crippen LogP contribution in [0.2, 0.25) is 0 Å². The third-order valence-corrected chi connectivity index (χ3v) is 7.13. The molecule has 0 saturated carbocycles. The topological polar surface area (TPSA) is 43.6 Å². The number of hydrogen-bond acceptors (Lipinski definition) is 6. The van der Waals surface area contributed by atoms with Crippen molar-refractivity contribution in [3.05, 3.63) is 66.0 Å². The Morgan fingerprint density at radius 3 is 2.54 bits per heavy atom. The summed E-state index contributed by atoms with van der Waals surface area (Å²) in [6.07, 6.45) is 0. The van der Waals surface area contributed by atoms with Gasteiger partial charge in [0.05, 0.1) is 16.0 Å². The Hall–Kier alpha value is -1.83. The average molecular weight is 399 g/mol. The number of nitrogens with zero attached hydrogens (tertiary/aromatic N) is 4. The van der Waals surface area contributed by atoms with Gasteiger partial charge in [-0.05, 0) is 24.6 Å². The molecule has 0 N–H and O–H groups in total. The minimum Gasteiger partial charge on any atom is -0.306 e. The number of thiazole rings is 1. The van der Waals surface area contributed by atoms with E-state index in [-0.39, 0.29) is 0 Å². The minimum atomic E-state index is 0.784. The monoisotopic (exact) mass is 398 g/mol. The quantitative estimate of drug-likeness (QED) is 0.385. The maximum atomic E-state index is 4.68. The molecule has 0 aliphatic carbocycles. The Morgan fingerprint density at radius 2 is 1.73 bits per heavy atom. The van der Waals surface area contributed by atoms with Crippen molar-refractivity contribution < 1.29 is 0 Å². The number of rotatable bonds is 7. The molecule has 0 atom stereocenters. The van der Waals surface area contributed by atoms with E-state index in [9.17, 15) is 0 Å². The molecular weight excluding hydrogens is 380 g/mol. The summed E-state index contributed by atoms with van der Waals surface area (Å²) in [7, 11) is 0. The molecule has 0 spiro atoms. The van der Waals surface area contributed by atoms with Gasteiger partial charge in [0.15, 0.2) is 9.50 Å². The zero-order valence-electron chi connectivity index (χ0n) is 14.3. The highest BCUT2D eigenvalue weighted by molar-refractivity contribution is 8.00. The highest BCUT2D eigenvalue weighted by atomic mass is 32.2. The van der Waals surface area contributed by atoms with E-state index in [0.29, 0.717) is 0 Å². The first-order chi connectivity index (χ1) is 12.8. The van der Waals surface area contributed by atoms with E-state index in [0.717, 1.165) is 38.9 Å². The lowest BCUT2D eigenvalue weighted by Crippen LogP contribution is -2.02. The van der Waals surface area contributed by atoms with E-state index < -0.39 is 0 Å². The maximum absolute atomic E-state index is 4.68. The Balaban J connectivity index is 1.44. The fourth-order valence-corrected chi connectivity index (χ4v) is 5.60. The van der Waals surface area contributed by atoms with Gasteiger partial charge in [-0.25, -0.2) is 4.98 Å². The average Bonchev–Trinajstić information content (AvgIpc) is 3.28. The Bertz CT molecular complexity index is 961. The third kappa shape index (κ3) is 3.95. The van der Waals surface area contributed by atoms with Crippen LogP contribution in [0.1, 0.15) is 18.3 Å². The van der Waals surface area contributed by atoms with Crippen molar-refractivity contribution in [3.63, 3.8) is 0 Å². The van der Waals surface area contributed by atoms with Gasteiger partial charge in [0, 0.05) is 12.3 Å². The number of fused-ring (bicyclic) bond motifs is 1. The van der Waals surface area contributed by atoms with E-state index in [1.165, 1.54) is 10.3 Å². The van der Waals surface area contributed by atoms with Gasteiger partial charge >= 0.3 is 0 Å². The molecule has 132 valence electrons. The molecule has 2 heterocycles. The molecule has 7 heteroatoms. The van der Waals surface area contributed by atoms with Gasteiger partial charge < -0.3 is 4.57 Å². The predicted octanol–water partition coefficient (Wildman–Crippen LogP) is 5.49. The van der Waals surface area contributed by atoms with Crippen molar-refractivity contribution in [2.45, 2.75) is 34.5 Å². The predicted molar refractivity (Wildman–Crippen MR) is 111 cm³/mol. The van der Waals surface area contributed by atoms with Gasteiger partial charge in [-0.2, -0.15) is 0 Å². The van der Waals surface area contributed by atoms with E-state index in [1.54, 1.807) is 34.9 Å². The van der Waals surface area contributed by atoms with Crippen molar-refractivity contribution in [1.82, 2.24) is 19.7 Å². The summed E-state index contributed by atoms with van der Waals surface area (Å²) < 4.78 is 4.51. The molecule has 0 aliphatic heterocycles. The normalized spacial score (nSPS) is 11.3. The van der Waals surface area contributed by atoms with E-state index >= 15 is 0 Å². The smallest absolute Gasteiger partial charge is 0.191 e. The summed E-state index contributed by atoms with van der Waals surface area (Å²) in [5.41, 5.74) is 2.37. The molecule has 0 amide bonds. The molecular formula is C19H18N4S3. The molecule has 0 unspecified atom stereocenters. The van der Waals surface area contributed by atoms with Crippen LogP contribution >= 0.6 is 34.9 Å². The van der Waals surface area contributed by atoms with Crippen LogP contribution in [0.3, 0.4) is 0 Å². The highest BCUT2D eigenvalue weighted by Gasteiger charge is 2.13. The van der Waals surface area contributed by atoms with Gasteiger partial charge in [0.1, 0.15) is 5.82 Å². The third-order valence-electron chi connectivity index (χ3n) is 3.92. The molecule has 0 saturated heterocycles. The largest absolute Gasteiger partial charge is 0.306 e.